The molecule has 128 valence electrons. The average molecular weight is 348 g/mol. The lowest BCUT2D eigenvalue weighted by atomic mass is 10.00. The van der Waals surface area contributed by atoms with Crippen molar-refractivity contribution in [2.24, 2.45) is 0 Å². The molecule has 24 heavy (non-hydrogen) atoms. The highest BCUT2D eigenvalue weighted by molar-refractivity contribution is 7.99. The molecule has 0 saturated carbocycles. The lowest BCUT2D eigenvalue weighted by molar-refractivity contribution is 0.177. The van der Waals surface area contributed by atoms with Crippen LogP contribution in [0.25, 0.3) is 0 Å². The van der Waals surface area contributed by atoms with Crippen LogP contribution in [0.3, 0.4) is 0 Å². The van der Waals surface area contributed by atoms with E-state index in [2.05, 4.69) is 15.4 Å². The Morgan fingerprint density at radius 1 is 1.42 bits per heavy atom. The lowest BCUT2D eigenvalue weighted by Crippen LogP contribution is -2.40. The molecule has 2 aromatic rings. The van der Waals surface area contributed by atoms with Crippen LogP contribution in [-0.2, 0) is 24.3 Å². The van der Waals surface area contributed by atoms with Gasteiger partial charge in [0.1, 0.15) is 18.2 Å². The summed E-state index contributed by atoms with van der Waals surface area (Å²) < 4.78 is 20.7. The molecule has 0 aliphatic carbocycles. The van der Waals surface area contributed by atoms with Crippen LogP contribution in [0.1, 0.15) is 36.1 Å². The molecule has 4 rings (SSSR count). The van der Waals surface area contributed by atoms with E-state index >= 15 is 0 Å². The maximum atomic E-state index is 13.6. The summed E-state index contributed by atoms with van der Waals surface area (Å²) >= 11 is 1.81. The van der Waals surface area contributed by atoms with E-state index in [0.717, 1.165) is 48.8 Å². The number of thioether (sulfide) groups is 1. The molecule has 0 amide bonds. The summed E-state index contributed by atoms with van der Waals surface area (Å²) in [5.74, 6) is 2.69. The van der Waals surface area contributed by atoms with E-state index < -0.39 is 0 Å². The topological polar surface area (TPSA) is 52.0 Å². The Balaban J connectivity index is 1.48. The van der Waals surface area contributed by atoms with Gasteiger partial charge in [-0.2, -0.15) is 5.10 Å². The van der Waals surface area contributed by atoms with Gasteiger partial charge in [0.25, 0.3) is 0 Å². The first kappa shape index (κ1) is 16.1. The number of aromatic nitrogens is 3. The fraction of sp³-hybridized carbons (Fsp3) is 0.529. The van der Waals surface area contributed by atoms with Crippen LogP contribution in [-0.4, -0.2) is 33.7 Å². The molecule has 2 aliphatic heterocycles. The molecule has 0 radical (unpaired) electrons. The third kappa shape index (κ3) is 3.20. The van der Waals surface area contributed by atoms with Crippen LogP contribution in [0, 0.1) is 5.82 Å². The van der Waals surface area contributed by atoms with E-state index in [1.807, 2.05) is 22.5 Å². The second-order valence-electron chi connectivity index (χ2n) is 6.33. The van der Waals surface area contributed by atoms with Gasteiger partial charge in [0, 0.05) is 30.5 Å². The number of benzene rings is 1. The minimum atomic E-state index is -0.158. The van der Waals surface area contributed by atoms with Crippen molar-refractivity contribution in [3.8, 4) is 0 Å². The van der Waals surface area contributed by atoms with E-state index in [4.69, 9.17) is 4.74 Å². The van der Waals surface area contributed by atoms with Crippen molar-refractivity contribution in [3.05, 3.63) is 41.2 Å². The Labute approximate surface area is 145 Å². The molecule has 1 N–H and O–H groups in total. The highest BCUT2D eigenvalue weighted by Gasteiger charge is 2.27. The minimum Gasteiger partial charge on any atom is -0.377 e. The van der Waals surface area contributed by atoms with Crippen LogP contribution in [0.5, 0.6) is 0 Å². The van der Waals surface area contributed by atoms with E-state index in [1.54, 1.807) is 19.2 Å². The van der Waals surface area contributed by atoms with Gasteiger partial charge in [0.2, 0.25) is 0 Å². The summed E-state index contributed by atoms with van der Waals surface area (Å²) in [6, 6.07) is 5.67. The molecule has 3 heterocycles. The van der Waals surface area contributed by atoms with Crippen molar-refractivity contribution in [1.82, 2.24) is 20.1 Å². The maximum Gasteiger partial charge on any atom is 0.176 e. The molecule has 0 fully saturated rings. The second kappa shape index (κ2) is 6.82. The number of nitrogens with zero attached hydrogens (tertiary/aromatic N) is 3. The van der Waals surface area contributed by atoms with Gasteiger partial charge in [-0.05, 0) is 42.4 Å². The highest BCUT2D eigenvalue weighted by Crippen LogP contribution is 2.37. The normalized spacial score (nSPS) is 22.9. The van der Waals surface area contributed by atoms with Crippen LogP contribution < -0.4 is 5.32 Å². The molecule has 1 aromatic carbocycles. The highest BCUT2D eigenvalue weighted by atomic mass is 32.2. The van der Waals surface area contributed by atoms with Gasteiger partial charge in [0.05, 0.1) is 6.54 Å². The molecule has 0 spiro atoms. The maximum absolute atomic E-state index is 13.6. The number of halogens is 1. The largest absolute Gasteiger partial charge is 0.377 e. The summed E-state index contributed by atoms with van der Waals surface area (Å²) in [6.45, 7) is 1.25. The van der Waals surface area contributed by atoms with Gasteiger partial charge >= 0.3 is 0 Å². The Bertz CT molecular complexity index is 735. The van der Waals surface area contributed by atoms with Crippen molar-refractivity contribution < 1.29 is 9.13 Å². The van der Waals surface area contributed by atoms with Crippen LogP contribution >= 0.6 is 11.8 Å². The number of rotatable bonds is 4. The molecule has 0 saturated heterocycles. The molecular formula is C17H21FN4OS. The van der Waals surface area contributed by atoms with Crippen LogP contribution in [0.15, 0.2) is 23.1 Å². The quantitative estimate of drug-likeness (QED) is 0.921. The molecule has 1 aromatic heterocycles. The summed E-state index contributed by atoms with van der Waals surface area (Å²) in [5.41, 5.74) is 1.09. The van der Waals surface area contributed by atoms with Gasteiger partial charge in [-0.25, -0.2) is 14.1 Å². The zero-order chi connectivity index (χ0) is 16.5. The Kier molecular flexibility index (Phi) is 4.56. The van der Waals surface area contributed by atoms with Crippen molar-refractivity contribution in [1.29, 1.82) is 0 Å². The number of methoxy groups -OCH3 is 1. The number of hydrogen-bond acceptors (Lipinski definition) is 5. The summed E-state index contributed by atoms with van der Waals surface area (Å²) in [4.78, 5) is 5.71. The molecule has 0 unspecified atom stereocenters. The van der Waals surface area contributed by atoms with Gasteiger partial charge in [-0.3, -0.25) is 0 Å². The Hall–Kier alpha value is -1.44. The monoisotopic (exact) mass is 348 g/mol. The van der Waals surface area contributed by atoms with Gasteiger partial charge in [0.15, 0.2) is 5.82 Å². The van der Waals surface area contributed by atoms with Crippen molar-refractivity contribution >= 4 is 11.8 Å². The molecule has 5 nitrogen and oxygen atoms in total. The van der Waals surface area contributed by atoms with E-state index in [0.29, 0.717) is 12.6 Å². The van der Waals surface area contributed by atoms with Crippen molar-refractivity contribution in [2.45, 2.75) is 49.4 Å². The molecule has 2 atom stereocenters. The summed E-state index contributed by atoms with van der Waals surface area (Å²) in [7, 11) is 1.65. The Morgan fingerprint density at radius 3 is 3.21 bits per heavy atom. The number of aryl methyl sites for hydroxylation is 1. The molecule has 0 bridgehead atoms. The zero-order valence-electron chi connectivity index (χ0n) is 13.7. The first-order valence-corrected chi connectivity index (χ1v) is 9.31. The number of fused-ring (bicyclic) bond motifs is 2. The van der Waals surface area contributed by atoms with Gasteiger partial charge in [-0.1, -0.05) is 0 Å². The third-order valence-corrected chi connectivity index (χ3v) is 5.75. The fourth-order valence-electron chi connectivity index (χ4n) is 3.51. The van der Waals surface area contributed by atoms with Crippen molar-refractivity contribution in [2.75, 3.05) is 12.9 Å². The Morgan fingerprint density at radius 2 is 2.33 bits per heavy atom. The standard InChI is InChI=1S/C17H21FN4OS/c1-23-10-16-20-17-5-3-12(9-22(17)21-16)19-14-6-7-24-15-4-2-11(18)8-13(14)15/h2,4,8,12,14,19H,3,5-7,9-10H2,1H3/t12-,14+/m1/s1. The molecule has 2 aliphatic rings. The van der Waals surface area contributed by atoms with Crippen LogP contribution in [0.2, 0.25) is 0 Å². The van der Waals surface area contributed by atoms with Crippen molar-refractivity contribution in [3.63, 3.8) is 0 Å². The fourth-order valence-corrected chi connectivity index (χ4v) is 4.62. The second-order valence-corrected chi connectivity index (χ2v) is 7.47. The van der Waals surface area contributed by atoms with E-state index in [-0.39, 0.29) is 11.9 Å². The predicted molar refractivity (Wildman–Crippen MR) is 90.5 cm³/mol. The number of nitrogens with one attached hydrogen (secondary N) is 1. The summed E-state index contributed by atoms with van der Waals surface area (Å²) in [6.07, 6.45) is 2.96. The molecular weight excluding hydrogens is 327 g/mol. The van der Waals surface area contributed by atoms with Crippen LogP contribution in [0.4, 0.5) is 4.39 Å². The predicted octanol–water partition coefficient (Wildman–Crippen LogP) is 2.71. The first-order valence-electron chi connectivity index (χ1n) is 8.33. The third-order valence-electron chi connectivity index (χ3n) is 4.62. The smallest absolute Gasteiger partial charge is 0.176 e. The van der Waals surface area contributed by atoms with Gasteiger partial charge < -0.3 is 10.1 Å². The first-order chi connectivity index (χ1) is 11.7. The minimum absolute atomic E-state index is 0.158. The van der Waals surface area contributed by atoms with Gasteiger partial charge in [-0.15, -0.1) is 11.8 Å². The average Bonchev–Trinajstić information content (AvgIpc) is 2.97. The number of hydrogen-bond donors (Lipinski definition) is 1. The summed E-state index contributed by atoms with van der Waals surface area (Å²) in [5, 5.41) is 8.24. The number of ether oxygens (including phenoxy) is 1. The lowest BCUT2D eigenvalue weighted by Gasteiger charge is -2.32. The van der Waals surface area contributed by atoms with E-state index in [9.17, 15) is 4.39 Å². The SMILES string of the molecule is COCc1nc2n(n1)C[C@H](N[C@H]1CCSc3ccc(F)cc31)CC2. The zero-order valence-corrected chi connectivity index (χ0v) is 14.5. The van der Waals surface area contributed by atoms with E-state index in [1.165, 1.54) is 4.90 Å². The molecule has 7 heteroatoms.